The smallest absolute Gasteiger partial charge is 0.272 e. The summed E-state index contributed by atoms with van der Waals surface area (Å²) in [4.78, 5) is 23.8. The second-order valence-electron chi connectivity index (χ2n) is 7.07. The Balaban J connectivity index is 1.42. The Morgan fingerprint density at radius 2 is 1.77 bits per heavy atom. The maximum Gasteiger partial charge on any atom is 0.272 e. The molecule has 3 heterocycles. The molecule has 0 spiro atoms. The van der Waals surface area contributed by atoms with Gasteiger partial charge in [-0.3, -0.25) is 4.79 Å². The van der Waals surface area contributed by atoms with E-state index in [0.717, 1.165) is 57.9 Å². The Morgan fingerprint density at radius 3 is 2.46 bits per heavy atom. The SMILES string of the molecule is CCN1CCN(C(=O)c2ccc(N3CCc4ccccc4C3)cn2)CC1. The first kappa shape index (κ1) is 17.0. The summed E-state index contributed by atoms with van der Waals surface area (Å²) < 4.78 is 0. The van der Waals surface area contributed by atoms with Crippen LogP contribution in [0.5, 0.6) is 0 Å². The van der Waals surface area contributed by atoms with E-state index < -0.39 is 0 Å². The summed E-state index contributed by atoms with van der Waals surface area (Å²) in [6.45, 7) is 8.60. The molecule has 1 amide bonds. The minimum atomic E-state index is 0.0521. The molecule has 1 fully saturated rings. The van der Waals surface area contributed by atoms with Crippen molar-refractivity contribution in [2.45, 2.75) is 19.9 Å². The van der Waals surface area contributed by atoms with Gasteiger partial charge in [0.05, 0.1) is 11.9 Å². The molecule has 2 aliphatic rings. The predicted octanol–water partition coefficient (Wildman–Crippen LogP) is 2.42. The minimum Gasteiger partial charge on any atom is -0.366 e. The van der Waals surface area contributed by atoms with Crippen molar-refractivity contribution in [1.82, 2.24) is 14.8 Å². The quantitative estimate of drug-likeness (QED) is 0.852. The van der Waals surface area contributed by atoms with Crippen molar-refractivity contribution in [3.8, 4) is 0 Å². The van der Waals surface area contributed by atoms with Crippen LogP contribution in [0, 0.1) is 0 Å². The molecule has 136 valence electrons. The van der Waals surface area contributed by atoms with Crippen LogP contribution in [-0.4, -0.2) is 60.0 Å². The van der Waals surface area contributed by atoms with Crippen molar-refractivity contribution in [3.05, 3.63) is 59.4 Å². The van der Waals surface area contributed by atoms with Crippen molar-refractivity contribution >= 4 is 11.6 Å². The average Bonchev–Trinajstić information content (AvgIpc) is 2.73. The normalized spacial score (nSPS) is 17.9. The number of pyridine rings is 1. The molecule has 0 N–H and O–H groups in total. The summed E-state index contributed by atoms with van der Waals surface area (Å²) in [6.07, 6.45) is 2.90. The van der Waals surface area contributed by atoms with Crippen LogP contribution in [0.4, 0.5) is 5.69 Å². The second-order valence-corrected chi connectivity index (χ2v) is 7.07. The molecule has 0 unspecified atom stereocenters. The monoisotopic (exact) mass is 350 g/mol. The highest BCUT2D eigenvalue weighted by Crippen LogP contribution is 2.24. The van der Waals surface area contributed by atoms with Gasteiger partial charge in [0.2, 0.25) is 0 Å². The number of benzene rings is 1. The van der Waals surface area contributed by atoms with E-state index >= 15 is 0 Å². The van der Waals surface area contributed by atoms with E-state index in [-0.39, 0.29) is 5.91 Å². The molecule has 0 atom stereocenters. The first-order chi connectivity index (χ1) is 12.7. The number of carbonyl (C=O) groups excluding carboxylic acids is 1. The Kier molecular flexibility index (Phi) is 4.89. The molecular weight excluding hydrogens is 324 g/mol. The van der Waals surface area contributed by atoms with Crippen molar-refractivity contribution in [2.24, 2.45) is 0 Å². The standard InChI is InChI=1S/C21H26N4O/c1-2-23-11-13-24(14-12-23)21(26)20-8-7-19(15-22-20)25-10-9-17-5-3-4-6-18(17)16-25/h3-8,15H,2,9-14,16H2,1H3. The number of hydrogen-bond acceptors (Lipinski definition) is 4. The predicted molar refractivity (Wildman–Crippen MR) is 103 cm³/mol. The van der Waals surface area contributed by atoms with E-state index in [2.05, 4.69) is 46.0 Å². The molecule has 0 aliphatic carbocycles. The largest absolute Gasteiger partial charge is 0.366 e. The Labute approximate surface area is 155 Å². The van der Waals surface area contributed by atoms with Crippen LogP contribution in [-0.2, 0) is 13.0 Å². The summed E-state index contributed by atoms with van der Waals surface area (Å²) in [7, 11) is 0. The summed E-state index contributed by atoms with van der Waals surface area (Å²) >= 11 is 0. The van der Waals surface area contributed by atoms with E-state index in [9.17, 15) is 4.79 Å². The van der Waals surface area contributed by atoms with Gasteiger partial charge >= 0.3 is 0 Å². The number of carbonyl (C=O) groups is 1. The highest BCUT2D eigenvalue weighted by atomic mass is 16.2. The zero-order valence-electron chi connectivity index (χ0n) is 15.4. The van der Waals surface area contributed by atoms with Gasteiger partial charge in [0.25, 0.3) is 5.91 Å². The van der Waals surface area contributed by atoms with E-state index in [4.69, 9.17) is 0 Å². The third-order valence-electron chi connectivity index (χ3n) is 5.57. The third-order valence-corrected chi connectivity index (χ3v) is 5.57. The van der Waals surface area contributed by atoms with E-state index in [0.29, 0.717) is 5.69 Å². The number of amides is 1. The number of likely N-dealkylation sites (N-methyl/N-ethyl adjacent to an activating group) is 1. The fourth-order valence-corrected chi connectivity index (χ4v) is 3.84. The first-order valence-corrected chi connectivity index (χ1v) is 9.54. The first-order valence-electron chi connectivity index (χ1n) is 9.54. The summed E-state index contributed by atoms with van der Waals surface area (Å²) in [6, 6.07) is 12.5. The van der Waals surface area contributed by atoms with Gasteiger partial charge in [-0.2, -0.15) is 0 Å². The van der Waals surface area contributed by atoms with Crippen LogP contribution >= 0.6 is 0 Å². The molecule has 0 bridgehead atoms. The number of rotatable bonds is 3. The molecule has 5 nitrogen and oxygen atoms in total. The number of anilines is 1. The lowest BCUT2D eigenvalue weighted by molar-refractivity contribution is 0.0637. The molecule has 0 saturated carbocycles. The zero-order valence-corrected chi connectivity index (χ0v) is 15.4. The fourth-order valence-electron chi connectivity index (χ4n) is 3.84. The fraction of sp³-hybridized carbons (Fsp3) is 0.429. The Morgan fingerprint density at radius 1 is 1.00 bits per heavy atom. The summed E-state index contributed by atoms with van der Waals surface area (Å²) in [5.74, 6) is 0.0521. The highest BCUT2D eigenvalue weighted by molar-refractivity contribution is 5.92. The van der Waals surface area contributed by atoms with Crippen LogP contribution in [0.3, 0.4) is 0 Å². The maximum atomic E-state index is 12.7. The lowest BCUT2D eigenvalue weighted by Gasteiger charge is -2.34. The van der Waals surface area contributed by atoms with Crippen LogP contribution in [0.25, 0.3) is 0 Å². The van der Waals surface area contributed by atoms with Gasteiger partial charge in [-0.25, -0.2) is 4.98 Å². The number of aromatic nitrogens is 1. The topological polar surface area (TPSA) is 39.7 Å². The molecule has 5 heteroatoms. The molecule has 26 heavy (non-hydrogen) atoms. The molecule has 1 aromatic heterocycles. The molecule has 1 aromatic carbocycles. The number of fused-ring (bicyclic) bond motifs is 1. The lowest BCUT2D eigenvalue weighted by Crippen LogP contribution is -2.48. The van der Waals surface area contributed by atoms with Gasteiger partial charge in [-0.1, -0.05) is 31.2 Å². The van der Waals surface area contributed by atoms with Crippen molar-refractivity contribution in [2.75, 3.05) is 44.2 Å². The Hall–Kier alpha value is -2.40. The van der Waals surface area contributed by atoms with Gasteiger partial charge in [0.15, 0.2) is 0 Å². The molecule has 2 aliphatic heterocycles. The number of nitrogens with zero attached hydrogens (tertiary/aromatic N) is 4. The van der Waals surface area contributed by atoms with Crippen LogP contribution in [0.15, 0.2) is 42.6 Å². The maximum absolute atomic E-state index is 12.7. The summed E-state index contributed by atoms with van der Waals surface area (Å²) in [5.41, 5.74) is 4.46. The minimum absolute atomic E-state index is 0.0521. The average molecular weight is 350 g/mol. The molecule has 4 rings (SSSR count). The van der Waals surface area contributed by atoms with E-state index in [1.807, 2.05) is 23.2 Å². The van der Waals surface area contributed by atoms with E-state index in [1.54, 1.807) is 0 Å². The van der Waals surface area contributed by atoms with Crippen LogP contribution in [0.2, 0.25) is 0 Å². The third kappa shape index (κ3) is 3.44. The Bertz CT molecular complexity index is 766. The highest BCUT2D eigenvalue weighted by Gasteiger charge is 2.23. The molecule has 2 aromatic rings. The lowest BCUT2D eigenvalue weighted by atomic mass is 10.00. The second kappa shape index (κ2) is 7.46. The zero-order chi connectivity index (χ0) is 17.9. The van der Waals surface area contributed by atoms with Crippen molar-refractivity contribution in [1.29, 1.82) is 0 Å². The molecule has 1 saturated heterocycles. The van der Waals surface area contributed by atoms with Gasteiger partial charge in [-0.15, -0.1) is 0 Å². The molecule has 0 radical (unpaired) electrons. The van der Waals surface area contributed by atoms with Gasteiger partial charge < -0.3 is 14.7 Å². The molecular formula is C21H26N4O. The van der Waals surface area contributed by atoms with Gasteiger partial charge in [-0.05, 0) is 36.2 Å². The van der Waals surface area contributed by atoms with E-state index in [1.165, 1.54) is 11.1 Å². The summed E-state index contributed by atoms with van der Waals surface area (Å²) in [5, 5.41) is 0. The van der Waals surface area contributed by atoms with Crippen molar-refractivity contribution < 1.29 is 4.79 Å². The van der Waals surface area contributed by atoms with Gasteiger partial charge in [0.1, 0.15) is 5.69 Å². The van der Waals surface area contributed by atoms with Crippen molar-refractivity contribution in [3.63, 3.8) is 0 Å². The van der Waals surface area contributed by atoms with Gasteiger partial charge in [0, 0.05) is 39.3 Å². The van der Waals surface area contributed by atoms with Crippen LogP contribution < -0.4 is 4.90 Å². The number of piperazine rings is 1. The van der Waals surface area contributed by atoms with Crippen LogP contribution in [0.1, 0.15) is 28.5 Å². The number of hydrogen-bond donors (Lipinski definition) is 0.